The number of hydrogen-bond donors (Lipinski definition) is 2. The molecule has 0 fully saturated rings. The Labute approximate surface area is 160 Å². The molecule has 1 amide bonds. The monoisotopic (exact) mass is 377 g/mol. The van der Waals surface area contributed by atoms with Gasteiger partial charge in [-0.2, -0.15) is 5.26 Å². The topological polar surface area (TPSA) is 104 Å². The van der Waals surface area contributed by atoms with Gasteiger partial charge in [0.05, 0.1) is 5.03 Å². The second-order valence-electron chi connectivity index (χ2n) is 5.24. The molecule has 0 atom stereocenters. The summed E-state index contributed by atoms with van der Waals surface area (Å²) in [4.78, 5) is 12.2. The van der Waals surface area contributed by atoms with Crippen molar-refractivity contribution in [2.75, 3.05) is 16.9 Å². The number of carbonyl (C=O) groups is 1. The molecule has 7 nitrogen and oxygen atoms in total. The first-order chi connectivity index (χ1) is 13.2. The summed E-state index contributed by atoms with van der Waals surface area (Å²) >= 11 is 1.34. The molecule has 1 aromatic heterocycles. The van der Waals surface area contributed by atoms with Gasteiger partial charge in [-0.05, 0) is 30.5 Å². The quantitative estimate of drug-likeness (QED) is 0.626. The Hall–Kier alpha value is -3.57. The van der Waals surface area contributed by atoms with E-state index in [2.05, 4.69) is 26.9 Å². The summed E-state index contributed by atoms with van der Waals surface area (Å²) in [5.74, 6) is -0.352. The van der Waals surface area contributed by atoms with Crippen molar-refractivity contribution in [1.29, 1.82) is 5.26 Å². The Kier molecular flexibility index (Phi) is 5.87. The molecule has 8 heteroatoms. The van der Waals surface area contributed by atoms with Gasteiger partial charge in [0.25, 0.3) is 11.8 Å². The summed E-state index contributed by atoms with van der Waals surface area (Å²) in [6.07, 6.45) is 1.83. The van der Waals surface area contributed by atoms with E-state index in [0.29, 0.717) is 10.6 Å². The number of rotatable bonds is 6. The highest BCUT2D eigenvalue weighted by atomic mass is 32.2. The van der Waals surface area contributed by atoms with Gasteiger partial charge in [0.15, 0.2) is 0 Å². The van der Waals surface area contributed by atoms with Gasteiger partial charge in [-0.1, -0.05) is 41.5 Å². The second-order valence-corrected chi connectivity index (χ2v) is 6.06. The fraction of sp³-hybridized carbons (Fsp3) is 0.0526. The molecule has 0 aliphatic heterocycles. The summed E-state index contributed by atoms with van der Waals surface area (Å²) in [6.45, 7) is 0. The number of anilines is 2. The highest BCUT2D eigenvalue weighted by Gasteiger charge is 2.18. The Morgan fingerprint density at radius 3 is 2.33 bits per heavy atom. The molecule has 0 aliphatic rings. The third-order valence-electron chi connectivity index (χ3n) is 3.47. The number of nitrogens with zero attached hydrogens (tertiary/aromatic N) is 3. The van der Waals surface area contributed by atoms with E-state index in [9.17, 15) is 10.1 Å². The third-order valence-corrected chi connectivity index (χ3v) is 4.18. The first-order valence-corrected chi connectivity index (χ1v) is 9.14. The van der Waals surface area contributed by atoms with Crippen LogP contribution in [0.5, 0.6) is 0 Å². The van der Waals surface area contributed by atoms with E-state index in [1.54, 1.807) is 24.3 Å². The molecule has 0 unspecified atom stereocenters. The van der Waals surface area contributed by atoms with Gasteiger partial charge in [0.2, 0.25) is 0 Å². The molecule has 3 aromatic rings. The van der Waals surface area contributed by atoms with Crippen molar-refractivity contribution < 1.29 is 9.21 Å². The predicted molar refractivity (Wildman–Crippen MR) is 105 cm³/mol. The van der Waals surface area contributed by atoms with Crippen molar-refractivity contribution in [2.24, 2.45) is 0 Å². The normalized spacial score (nSPS) is 11.3. The van der Waals surface area contributed by atoms with E-state index in [1.807, 2.05) is 42.7 Å². The Bertz CT molecular complexity index is 994. The smallest absolute Gasteiger partial charge is 0.322 e. The van der Waals surface area contributed by atoms with E-state index in [1.165, 1.54) is 11.8 Å². The molecule has 0 spiro atoms. The van der Waals surface area contributed by atoms with Crippen molar-refractivity contribution in [3.63, 3.8) is 0 Å². The molecular weight excluding hydrogens is 362 g/mol. The average molecular weight is 377 g/mol. The van der Waals surface area contributed by atoms with Crippen LogP contribution >= 0.6 is 11.8 Å². The van der Waals surface area contributed by atoms with Crippen LogP contribution in [0.15, 0.2) is 70.1 Å². The molecule has 1 heterocycles. The number of nitriles is 1. The van der Waals surface area contributed by atoms with E-state index < -0.39 is 0 Å². The maximum atomic E-state index is 12.2. The van der Waals surface area contributed by atoms with Crippen LogP contribution in [0.25, 0.3) is 5.57 Å². The molecule has 0 bridgehead atoms. The van der Waals surface area contributed by atoms with Gasteiger partial charge < -0.3 is 9.73 Å². The maximum absolute atomic E-state index is 12.2. The number of para-hydroxylation sites is 1. The van der Waals surface area contributed by atoms with Crippen LogP contribution < -0.4 is 10.6 Å². The lowest BCUT2D eigenvalue weighted by Crippen LogP contribution is -2.11. The third kappa shape index (κ3) is 4.54. The summed E-state index contributed by atoms with van der Waals surface area (Å²) in [5, 5.41) is 23.5. The first kappa shape index (κ1) is 18.2. The van der Waals surface area contributed by atoms with Crippen LogP contribution in [0.4, 0.5) is 11.7 Å². The first-order valence-electron chi connectivity index (χ1n) is 7.92. The molecule has 2 aromatic carbocycles. The van der Waals surface area contributed by atoms with E-state index >= 15 is 0 Å². The molecule has 27 heavy (non-hydrogen) atoms. The van der Waals surface area contributed by atoms with Crippen molar-refractivity contribution in [1.82, 2.24) is 10.2 Å². The minimum absolute atomic E-state index is 0.0219. The molecule has 2 N–H and O–H groups in total. The number of allylic oxidation sites excluding steroid dienone is 1. The van der Waals surface area contributed by atoms with Gasteiger partial charge in [-0.15, -0.1) is 16.9 Å². The van der Waals surface area contributed by atoms with Crippen molar-refractivity contribution in [3.8, 4) is 6.07 Å². The van der Waals surface area contributed by atoms with Crippen LogP contribution in [-0.4, -0.2) is 22.4 Å². The van der Waals surface area contributed by atoms with Crippen LogP contribution in [0.1, 0.15) is 16.2 Å². The fourth-order valence-electron chi connectivity index (χ4n) is 2.20. The minimum atomic E-state index is -0.374. The number of amides is 1. The number of thioether (sulfide) groups is 1. The predicted octanol–water partition coefficient (Wildman–Crippen LogP) is 3.99. The standard InChI is InChI=1S/C19H15N5O2S/c1-27-18(21-14-10-6-3-7-11-14)15(12-20)17-23-24-19(26-17)22-16(25)13-8-4-2-5-9-13/h2-11,21H,1H3,(H,22,24,25)/b18-15+. The van der Waals surface area contributed by atoms with Crippen molar-refractivity contribution in [2.45, 2.75) is 0 Å². The molecular formula is C19H15N5O2S. The average Bonchev–Trinajstić information content (AvgIpc) is 3.17. The Morgan fingerprint density at radius 2 is 1.70 bits per heavy atom. The van der Waals surface area contributed by atoms with E-state index in [4.69, 9.17) is 4.42 Å². The summed E-state index contributed by atoms with van der Waals surface area (Å²) in [7, 11) is 0. The lowest BCUT2D eigenvalue weighted by atomic mass is 10.2. The number of benzene rings is 2. The zero-order valence-electron chi connectivity index (χ0n) is 14.3. The van der Waals surface area contributed by atoms with Gasteiger partial charge in [-0.25, -0.2) is 0 Å². The Balaban J connectivity index is 1.82. The second kappa shape index (κ2) is 8.69. The van der Waals surface area contributed by atoms with Crippen LogP contribution in [0.3, 0.4) is 0 Å². The lowest BCUT2D eigenvalue weighted by molar-refractivity contribution is 0.102. The number of carbonyl (C=O) groups excluding carboxylic acids is 1. The lowest BCUT2D eigenvalue weighted by Gasteiger charge is -2.09. The zero-order chi connectivity index (χ0) is 19.1. The van der Waals surface area contributed by atoms with Crippen LogP contribution in [0.2, 0.25) is 0 Å². The van der Waals surface area contributed by atoms with Gasteiger partial charge >= 0.3 is 6.01 Å². The van der Waals surface area contributed by atoms with E-state index in [-0.39, 0.29) is 23.4 Å². The fourth-order valence-corrected chi connectivity index (χ4v) is 2.75. The summed E-state index contributed by atoms with van der Waals surface area (Å²) in [5.41, 5.74) is 1.48. The zero-order valence-corrected chi connectivity index (χ0v) is 15.2. The van der Waals surface area contributed by atoms with Gasteiger partial charge in [0, 0.05) is 11.3 Å². The van der Waals surface area contributed by atoms with Gasteiger partial charge in [-0.3, -0.25) is 10.1 Å². The summed E-state index contributed by atoms with van der Waals surface area (Å²) in [6, 6.07) is 20.1. The van der Waals surface area contributed by atoms with Gasteiger partial charge in [0.1, 0.15) is 11.6 Å². The van der Waals surface area contributed by atoms with Crippen molar-refractivity contribution in [3.05, 3.63) is 77.1 Å². The molecule has 0 radical (unpaired) electrons. The Morgan fingerprint density at radius 1 is 1.04 bits per heavy atom. The highest BCUT2D eigenvalue weighted by Crippen LogP contribution is 2.26. The molecule has 0 saturated carbocycles. The number of aromatic nitrogens is 2. The molecule has 0 aliphatic carbocycles. The maximum Gasteiger partial charge on any atom is 0.322 e. The van der Waals surface area contributed by atoms with Crippen molar-refractivity contribution >= 4 is 34.9 Å². The van der Waals surface area contributed by atoms with Crippen LogP contribution in [0, 0.1) is 11.3 Å². The summed E-state index contributed by atoms with van der Waals surface area (Å²) < 4.78 is 5.46. The van der Waals surface area contributed by atoms with Crippen LogP contribution in [-0.2, 0) is 0 Å². The minimum Gasteiger partial charge on any atom is -0.402 e. The number of nitrogens with one attached hydrogen (secondary N) is 2. The molecule has 0 saturated heterocycles. The molecule has 134 valence electrons. The highest BCUT2D eigenvalue weighted by molar-refractivity contribution is 8.02. The molecule has 3 rings (SSSR count). The largest absolute Gasteiger partial charge is 0.402 e. The SMILES string of the molecule is CS/C(Nc1ccccc1)=C(\C#N)c1nnc(NC(=O)c2ccccc2)o1. The van der Waals surface area contributed by atoms with E-state index in [0.717, 1.165) is 5.69 Å². The number of hydrogen-bond acceptors (Lipinski definition) is 7.